The maximum absolute atomic E-state index is 11.2. The first-order chi connectivity index (χ1) is 14.4. The van der Waals surface area contributed by atoms with Crippen LogP contribution >= 0.6 is 0 Å². The van der Waals surface area contributed by atoms with E-state index in [-0.39, 0.29) is 30.2 Å². The van der Waals surface area contributed by atoms with Gasteiger partial charge in [0.05, 0.1) is 25.9 Å². The number of aliphatic hydroxyl groups excluding tert-OH is 1. The second-order valence-electron chi connectivity index (χ2n) is 9.05. The third-order valence-electron chi connectivity index (χ3n) is 6.47. The zero-order valence-electron chi connectivity index (χ0n) is 19.3. The molecule has 0 spiro atoms. The predicted molar refractivity (Wildman–Crippen MR) is 113 cm³/mol. The van der Waals surface area contributed by atoms with Crippen molar-refractivity contribution in [1.82, 2.24) is 0 Å². The Balaban J connectivity index is 1.87. The van der Waals surface area contributed by atoms with Crippen molar-refractivity contribution in [1.29, 1.82) is 0 Å². The minimum Gasteiger partial charge on any atom is -0.469 e. The van der Waals surface area contributed by atoms with E-state index < -0.39 is 11.9 Å². The maximum atomic E-state index is 11.2. The molecule has 0 aromatic heterocycles. The van der Waals surface area contributed by atoms with Gasteiger partial charge in [-0.3, -0.25) is 4.79 Å². The van der Waals surface area contributed by atoms with E-state index in [1.54, 1.807) is 7.11 Å². The van der Waals surface area contributed by atoms with Gasteiger partial charge < -0.3 is 28.8 Å². The van der Waals surface area contributed by atoms with Crippen molar-refractivity contribution in [3.05, 3.63) is 0 Å². The predicted octanol–water partition coefficient (Wildman–Crippen LogP) is 3.81. The third-order valence-corrected chi connectivity index (χ3v) is 6.47. The fourth-order valence-corrected chi connectivity index (χ4v) is 4.42. The molecule has 0 amide bonds. The van der Waals surface area contributed by atoms with Gasteiger partial charge in [-0.15, -0.1) is 0 Å². The van der Waals surface area contributed by atoms with Crippen molar-refractivity contribution >= 4 is 5.97 Å². The molecule has 0 aromatic rings. The number of ether oxygens (including phenoxy) is 5. The number of rotatable bonds is 13. The van der Waals surface area contributed by atoms with Crippen LogP contribution in [0.4, 0.5) is 0 Å². The van der Waals surface area contributed by atoms with E-state index in [1.165, 1.54) is 7.11 Å². The highest BCUT2D eigenvalue weighted by Gasteiger charge is 2.44. The summed E-state index contributed by atoms with van der Waals surface area (Å²) < 4.78 is 28.2. The number of esters is 1. The molecular weight excluding hydrogens is 388 g/mol. The molecule has 7 nitrogen and oxygen atoms in total. The molecule has 1 aliphatic carbocycles. The Bertz CT molecular complexity index is 490. The highest BCUT2D eigenvalue weighted by atomic mass is 16.7. The Labute approximate surface area is 181 Å². The second kappa shape index (κ2) is 13.0. The molecule has 1 heterocycles. The van der Waals surface area contributed by atoms with E-state index in [1.807, 2.05) is 13.8 Å². The summed E-state index contributed by atoms with van der Waals surface area (Å²) in [6.45, 7) is 5.03. The van der Waals surface area contributed by atoms with Crippen molar-refractivity contribution in [3.8, 4) is 0 Å². The molecule has 0 aromatic carbocycles. The van der Waals surface area contributed by atoms with E-state index in [9.17, 15) is 9.90 Å². The summed E-state index contributed by atoms with van der Waals surface area (Å²) in [5.41, 5.74) is 0. The van der Waals surface area contributed by atoms with Crippen LogP contribution in [-0.2, 0) is 28.5 Å². The minimum absolute atomic E-state index is 0.0694. The standard InChI is InChI=1S/C23H42O7/c1-23(2,27-4)29-16-18-17(11-7-5-6-8-12-21(25)26-3)19(24)15-20(18)30-22-13-9-10-14-28-22/h17-20,22,24H,5-16H2,1-4H3/t17-,18-,19+,20-,22?/m0/s1. The Kier molecular flexibility index (Phi) is 11.0. The summed E-state index contributed by atoms with van der Waals surface area (Å²) in [5, 5.41) is 10.8. The lowest BCUT2D eigenvalue weighted by Crippen LogP contribution is -2.37. The Hall–Kier alpha value is -0.730. The van der Waals surface area contributed by atoms with E-state index in [0.717, 1.165) is 58.0 Å². The molecule has 1 saturated heterocycles. The quantitative estimate of drug-likeness (QED) is 0.270. The van der Waals surface area contributed by atoms with E-state index in [0.29, 0.717) is 19.4 Å². The summed E-state index contributed by atoms with van der Waals surface area (Å²) in [6, 6.07) is 0. The van der Waals surface area contributed by atoms with Gasteiger partial charge in [0.25, 0.3) is 0 Å². The van der Waals surface area contributed by atoms with Gasteiger partial charge >= 0.3 is 5.97 Å². The monoisotopic (exact) mass is 430 g/mol. The van der Waals surface area contributed by atoms with Gasteiger partial charge in [0.15, 0.2) is 12.1 Å². The number of hydrogen-bond donors (Lipinski definition) is 1. The van der Waals surface area contributed by atoms with Crippen molar-refractivity contribution in [2.75, 3.05) is 27.4 Å². The first-order valence-corrected chi connectivity index (χ1v) is 11.6. The largest absolute Gasteiger partial charge is 0.469 e. The average molecular weight is 431 g/mol. The highest BCUT2D eigenvalue weighted by molar-refractivity contribution is 5.68. The number of hydrogen-bond acceptors (Lipinski definition) is 7. The van der Waals surface area contributed by atoms with Gasteiger partial charge in [0, 0.05) is 32.5 Å². The minimum atomic E-state index is -0.669. The molecule has 2 rings (SSSR count). The van der Waals surface area contributed by atoms with E-state index in [2.05, 4.69) is 4.74 Å². The van der Waals surface area contributed by atoms with Crippen LogP contribution in [0, 0.1) is 11.8 Å². The molecule has 0 bridgehead atoms. The molecule has 1 unspecified atom stereocenters. The number of carbonyl (C=O) groups is 1. The zero-order chi connectivity index (χ0) is 22.0. The number of carbonyl (C=O) groups excluding carboxylic acids is 1. The summed E-state index contributed by atoms with van der Waals surface area (Å²) >= 11 is 0. The molecular formula is C23H42O7. The third kappa shape index (κ3) is 8.42. The number of aliphatic hydroxyl groups is 1. The summed E-state index contributed by atoms with van der Waals surface area (Å²) in [6.07, 6.45) is 8.38. The lowest BCUT2D eigenvalue weighted by atomic mass is 9.89. The van der Waals surface area contributed by atoms with Crippen LogP contribution in [0.5, 0.6) is 0 Å². The number of unbranched alkanes of at least 4 members (excludes halogenated alkanes) is 3. The normalized spacial score (nSPS) is 29.8. The Morgan fingerprint density at radius 3 is 2.53 bits per heavy atom. The Morgan fingerprint density at radius 2 is 1.87 bits per heavy atom. The smallest absolute Gasteiger partial charge is 0.305 e. The molecule has 1 aliphatic heterocycles. The number of methoxy groups -OCH3 is 2. The molecule has 0 radical (unpaired) electrons. The zero-order valence-corrected chi connectivity index (χ0v) is 19.3. The molecule has 1 saturated carbocycles. The van der Waals surface area contributed by atoms with Crippen molar-refractivity contribution < 1.29 is 33.6 Å². The maximum Gasteiger partial charge on any atom is 0.305 e. The average Bonchev–Trinajstić information content (AvgIpc) is 3.03. The van der Waals surface area contributed by atoms with Crippen LogP contribution < -0.4 is 0 Å². The van der Waals surface area contributed by atoms with E-state index >= 15 is 0 Å². The first-order valence-electron chi connectivity index (χ1n) is 11.6. The molecule has 7 heteroatoms. The summed E-state index contributed by atoms with van der Waals surface area (Å²) in [5.74, 6) is -0.580. The fraction of sp³-hybridized carbons (Fsp3) is 0.957. The fourth-order valence-electron chi connectivity index (χ4n) is 4.42. The van der Waals surface area contributed by atoms with Gasteiger partial charge in [-0.2, -0.15) is 0 Å². The van der Waals surface area contributed by atoms with Gasteiger partial charge in [-0.25, -0.2) is 0 Å². The molecule has 30 heavy (non-hydrogen) atoms. The van der Waals surface area contributed by atoms with Crippen LogP contribution in [0.2, 0.25) is 0 Å². The lowest BCUT2D eigenvalue weighted by molar-refractivity contribution is -0.227. The molecule has 2 fully saturated rings. The second-order valence-corrected chi connectivity index (χ2v) is 9.05. The van der Waals surface area contributed by atoms with Crippen LogP contribution in [0.15, 0.2) is 0 Å². The van der Waals surface area contributed by atoms with Crippen LogP contribution in [0.1, 0.15) is 78.1 Å². The summed E-state index contributed by atoms with van der Waals surface area (Å²) in [7, 11) is 3.06. The van der Waals surface area contributed by atoms with Gasteiger partial charge in [0.2, 0.25) is 0 Å². The molecule has 5 atom stereocenters. The molecule has 1 N–H and O–H groups in total. The van der Waals surface area contributed by atoms with Crippen molar-refractivity contribution in [2.24, 2.45) is 11.8 Å². The van der Waals surface area contributed by atoms with Gasteiger partial charge in [0.1, 0.15) is 0 Å². The lowest BCUT2D eigenvalue weighted by Gasteiger charge is -2.32. The van der Waals surface area contributed by atoms with E-state index in [4.69, 9.17) is 18.9 Å². The highest BCUT2D eigenvalue weighted by Crippen LogP contribution is 2.40. The first kappa shape index (κ1) is 25.5. The topological polar surface area (TPSA) is 83.5 Å². The van der Waals surface area contributed by atoms with Crippen LogP contribution in [-0.4, -0.2) is 62.8 Å². The van der Waals surface area contributed by atoms with Crippen LogP contribution in [0.25, 0.3) is 0 Å². The van der Waals surface area contributed by atoms with Gasteiger partial charge in [-0.05, 0) is 51.9 Å². The Morgan fingerprint density at radius 1 is 1.10 bits per heavy atom. The van der Waals surface area contributed by atoms with Crippen molar-refractivity contribution in [2.45, 2.75) is 102 Å². The van der Waals surface area contributed by atoms with Gasteiger partial charge in [-0.1, -0.05) is 19.3 Å². The van der Waals surface area contributed by atoms with Crippen LogP contribution in [0.3, 0.4) is 0 Å². The molecule has 2 aliphatic rings. The van der Waals surface area contributed by atoms with Crippen molar-refractivity contribution in [3.63, 3.8) is 0 Å². The summed E-state index contributed by atoms with van der Waals surface area (Å²) in [4.78, 5) is 11.2. The SMILES string of the molecule is COC(=O)CCCCCC[C@H]1[C@H](COC(C)(C)OC)[C@@H](OC2CCCCO2)C[C@H]1O. The molecule has 176 valence electrons.